The van der Waals surface area contributed by atoms with E-state index < -0.39 is 11.9 Å². The fourth-order valence-corrected chi connectivity index (χ4v) is 3.68. The number of carbonyl (C=O) groups is 1. The quantitative estimate of drug-likeness (QED) is 0.402. The molecule has 2 aromatic heterocycles. The molecule has 1 amide bonds. The number of carbonyl (C=O) groups excluding carboxylic acids is 1. The van der Waals surface area contributed by atoms with Gasteiger partial charge in [-0.3, -0.25) is 9.48 Å². The number of benzene rings is 2. The van der Waals surface area contributed by atoms with Gasteiger partial charge < -0.3 is 14.6 Å². The Morgan fingerprint density at radius 2 is 2.03 bits per heavy atom. The minimum Gasteiger partial charge on any atom is -0.374 e. The highest BCUT2D eigenvalue weighted by Crippen LogP contribution is 2.39. The molecule has 174 valence electrons. The summed E-state index contributed by atoms with van der Waals surface area (Å²) >= 11 is 0. The van der Waals surface area contributed by atoms with Gasteiger partial charge in [-0.1, -0.05) is 47.6 Å². The molecule has 1 aliphatic carbocycles. The zero-order valence-electron chi connectivity index (χ0n) is 18.6. The van der Waals surface area contributed by atoms with Gasteiger partial charge >= 0.3 is 0 Å². The minimum atomic E-state index is -0.703. The lowest BCUT2D eigenvalue weighted by atomic mass is 10.2. The van der Waals surface area contributed by atoms with Gasteiger partial charge in [0.2, 0.25) is 5.82 Å². The first kappa shape index (κ1) is 22.0. The molecule has 1 aliphatic rings. The van der Waals surface area contributed by atoms with Crippen LogP contribution in [0.4, 0.5) is 4.39 Å². The van der Waals surface area contributed by atoms with Crippen LogP contribution in [0.5, 0.6) is 0 Å². The summed E-state index contributed by atoms with van der Waals surface area (Å²) in [4.78, 5) is 17.5. The Kier molecular flexibility index (Phi) is 6.18. The number of nitrogens with one attached hydrogen (secondary N) is 1. The summed E-state index contributed by atoms with van der Waals surface area (Å²) in [5.41, 5.74) is 2.85. The van der Waals surface area contributed by atoms with Crippen molar-refractivity contribution in [3.63, 3.8) is 0 Å². The molecule has 0 bridgehead atoms. The van der Waals surface area contributed by atoms with Crippen molar-refractivity contribution in [1.29, 1.82) is 0 Å². The number of halogens is 1. The van der Waals surface area contributed by atoms with E-state index in [9.17, 15) is 9.18 Å². The number of ether oxygens (including phenoxy) is 1. The highest BCUT2D eigenvalue weighted by Gasteiger charge is 2.29. The van der Waals surface area contributed by atoms with Crippen molar-refractivity contribution >= 4 is 5.91 Å². The molecule has 2 heterocycles. The van der Waals surface area contributed by atoms with Crippen molar-refractivity contribution in [1.82, 2.24) is 25.2 Å². The molecule has 1 N–H and O–H groups in total. The molecular formula is C25H24FN5O3. The van der Waals surface area contributed by atoms with Crippen LogP contribution in [-0.4, -0.2) is 32.4 Å². The number of nitrogens with zero attached hydrogens (tertiary/aromatic N) is 4. The Balaban J connectivity index is 1.35. The van der Waals surface area contributed by atoms with Gasteiger partial charge in [0.25, 0.3) is 11.8 Å². The van der Waals surface area contributed by atoms with Crippen molar-refractivity contribution in [2.45, 2.75) is 31.4 Å². The molecule has 0 aliphatic heterocycles. The van der Waals surface area contributed by atoms with Crippen LogP contribution in [0.15, 0.2) is 65.2 Å². The highest BCUT2D eigenvalue weighted by atomic mass is 19.1. The van der Waals surface area contributed by atoms with E-state index in [0.717, 1.165) is 24.1 Å². The van der Waals surface area contributed by atoms with Crippen molar-refractivity contribution in [2.24, 2.45) is 7.05 Å². The van der Waals surface area contributed by atoms with E-state index in [4.69, 9.17) is 9.26 Å². The van der Waals surface area contributed by atoms with Crippen LogP contribution < -0.4 is 5.32 Å². The van der Waals surface area contributed by atoms with E-state index in [-0.39, 0.29) is 24.2 Å². The van der Waals surface area contributed by atoms with Crippen LogP contribution in [0.1, 0.15) is 52.4 Å². The van der Waals surface area contributed by atoms with Gasteiger partial charge in [-0.05, 0) is 36.6 Å². The monoisotopic (exact) mass is 461 g/mol. The second-order valence-electron chi connectivity index (χ2n) is 8.35. The number of aromatic nitrogens is 4. The molecule has 2 aromatic carbocycles. The summed E-state index contributed by atoms with van der Waals surface area (Å²) in [6.07, 6.45) is 2.19. The maximum absolute atomic E-state index is 13.6. The maximum Gasteiger partial charge on any atom is 0.270 e. The summed E-state index contributed by atoms with van der Waals surface area (Å²) in [5.74, 6) is 0.115. The molecule has 0 saturated heterocycles. The van der Waals surface area contributed by atoms with E-state index in [1.807, 2.05) is 36.4 Å². The van der Waals surface area contributed by atoms with E-state index in [1.54, 1.807) is 23.9 Å². The van der Waals surface area contributed by atoms with Crippen molar-refractivity contribution in [3.8, 4) is 11.4 Å². The molecular weight excluding hydrogens is 437 g/mol. The minimum absolute atomic E-state index is 0.110. The summed E-state index contributed by atoms with van der Waals surface area (Å²) in [7, 11) is 1.75. The van der Waals surface area contributed by atoms with Crippen LogP contribution in [0.25, 0.3) is 11.4 Å². The third-order valence-corrected chi connectivity index (χ3v) is 5.65. The predicted octanol–water partition coefficient (Wildman–Crippen LogP) is 4.17. The number of aryl methyl sites for hydroxylation is 1. The zero-order chi connectivity index (χ0) is 23.5. The zero-order valence-corrected chi connectivity index (χ0v) is 18.6. The Labute approximate surface area is 195 Å². The molecule has 0 radical (unpaired) electrons. The van der Waals surface area contributed by atoms with Crippen LogP contribution >= 0.6 is 0 Å². The van der Waals surface area contributed by atoms with Gasteiger partial charge in [0.05, 0.1) is 18.9 Å². The Hall–Kier alpha value is -3.85. The molecule has 8 nitrogen and oxygen atoms in total. The number of rotatable bonds is 9. The maximum atomic E-state index is 13.6. The average molecular weight is 461 g/mol. The molecule has 1 unspecified atom stereocenters. The molecule has 1 fully saturated rings. The van der Waals surface area contributed by atoms with Gasteiger partial charge in [0.1, 0.15) is 17.6 Å². The second-order valence-corrected chi connectivity index (χ2v) is 8.35. The lowest BCUT2D eigenvalue weighted by Crippen LogP contribution is -2.33. The van der Waals surface area contributed by atoms with Crippen LogP contribution in [0.2, 0.25) is 0 Å². The van der Waals surface area contributed by atoms with Gasteiger partial charge in [-0.15, -0.1) is 0 Å². The third-order valence-electron chi connectivity index (χ3n) is 5.65. The van der Waals surface area contributed by atoms with E-state index in [1.165, 1.54) is 12.1 Å². The molecule has 9 heteroatoms. The van der Waals surface area contributed by atoms with E-state index in [0.29, 0.717) is 23.8 Å². The molecule has 0 spiro atoms. The van der Waals surface area contributed by atoms with Crippen molar-refractivity contribution in [2.75, 3.05) is 6.61 Å². The first-order chi connectivity index (χ1) is 16.6. The molecule has 34 heavy (non-hydrogen) atoms. The molecule has 4 aromatic rings. The smallest absolute Gasteiger partial charge is 0.270 e. The lowest BCUT2D eigenvalue weighted by Gasteiger charge is -2.15. The predicted molar refractivity (Wildman–Crippen MR) is 121 cm³/mol. The van der Waals surface area contributed by atoms with Crippen LogP contribution in [0, 0.1) is 5.82 Å². The van der Waals surface area contributed by atoms with E-state index >= 15 is 0 Å². The standard InChI is InChI=1S/C25H24FN5O3/c1-31-22(13-20(29-31)17-10-11-17)24(32)27-21(15-33-14-16-6-3-2-4-7-16)25-28-23(30-34-25)18-8-5-9-19(26)12-18/h2-9,12-13,17,21H,10-11,14-15H2,1H3,(H,27,32). The molecule has 5 rings (SSSR count). The van der Waals surface area contributed by atoms with Gasteiger partial charge in [0.15, 0.2) is 0 Å². The van der Waals surface area contributed by atoms with Crippen LogP contribution in [-0.2, 0) is 18.4 Å². The van der Waals surface area contributed by atoms with Gasteiger partial charge in [-0.2, -0.15) is 10.1 Å². The highest BCUT2D eigenvalue weighted by molar-refractivity contribution is 5.93. The third kappa shape index (κ3) is 5.04. The number of hydrogen-bond donors (Lipinski definition) is 1. The lowest BCUT2D eigenvalue weighted by molar-refractivity contribution is 0.0736. The molecule has 1 atom stereocenters. The van der Waals surface area contributed by atoms with E-state index in [2.05, 4.69) is 20.6 Å². The second kappa shape index (κ2) is 9.56. The van der Waals surface area contributed by atoms with Gasteiger partial charge in [-0.25, -0.2) is 4.39 Å². The molecule has 1 saturated carbocycles. The summed E-state index contributed by atoms with van der Waals surface area (Å²) in [6, 6.07) is 16.7. The Morgan fingerprint density at radius 3 is 2.79 bits per heavy atom. The average Bonchev–Trinajstić information content (AvgIpc) is 3.43. The normalized spacial score (nSPS) is 14.2. The first-order valence-electron chi connectivity index (χ1n) is 11.1. The summed E-state index contributed by atoms with van der Waals surface area (Å²) < 4.78 is 26.5. The fraction of sp³-hybridized carbons (Fsp3) is 0.280. The Bertz CT molecular complexity index is 1280. The summed E-state index contributed by atoms with van der Waals surface area (Å²) in [6.45, 7) is 0.467. The SMILES string of the molecule is Cn1nc(C2CC2)cc1C(=O)NC(COCc1ccccc1)c1nc(-c2cccc(F)c2)no1. The first-order valence-corrected chi connectivity index (χ1v) is 11.1. The number of amides is 1. The van der Waals surface area contributed by atoms with Crippen molar-refractivity contribution < 1.29 is 18.4 Å². The van der Waals surface area contributed by atoms with Crippen molar-refractivity contribution in [3.05, 3.63) is 89.3 Å². The van der Waals surface area contributed by atoms with Crippen LogP contribution in [0.3, 0.4) is 0 Å². The van der Waals surface area contributed by atoms with Gasteiger partial charge in [0, 0.05) is 18.5 Å². The Morgan fingerprint density at radius 1 is 1.21 bits per heavy atom. The number of hydrogen-bond acceptors (Lipinski definition) is 6. The largest absolute Gasteiger partial charge is 0.374 e. The fourth-order valence-electron chi connectivity index (χ4n) is 3.68. The topological polar surface area (TPSA) is 95.1 Å². The summed E-state index contributed by atoms with van der Waals surface area (Å²) in [5, 5.41) is 11.4.